The molecule has 0 aliphatic rings. The van der Waals surface area contributed by atoms with Crippen LogP contribution in [0, 0.1) is 11.6 Å². The van der Waals surface area contributed by atoms with Crippen LogP contribution in [0.2, 0.25) is 0 Å². The molecule has 3 aromatic rings. The predicted molar refractivity (Wildman–Crippen MR) is 65.7 cm³/mol. The van der Waals surface area contributed by atoms with Crippen molar-refractivity contribution in [2.75, 3.05) is 0 Å². The Morgan fingerprint density at radius 3 is 2.65 bits per heavy atom. The van der Waals surface area contributed by atoms with Crippen molar-refractivity contribution in [2.45, 2.75) is 0 Å². The Hall–Kier alpha value is -1.73. The summed E-state index contributed by atoms with van der Waals surface area (Å²) in [5.41, 5.74) is 1.34. The van der Waals surface area contributed by atoms with Crippen LogP contribution in [-0.4, -0.2) is 4.33 Å². The van der Waals surface area contributed by atoms with Crippen LogP contribution in [0.5, 0.6) is 0 Å². The summed E-state index contributed by atoms with van der Waals surface area (Å²) in [6.45, 7) is 0. The molecule has 0 N–H and O–H groups in total. The number of nitrogens with zero attached hydrogens (tertiary/aromatic N) is 1. The van der Waals surface area contributed by atoms with Gasteiger partial charge in [0.15, 0.2) is 0 Å². The molecule has 4 heteroatoms. The number of para-hydroxylation sites is 1. The number of aromatic nitrogens is 1. The largest absolute Gasteiger partial charge is 0.289 e. The van der Waals surface area contributed by atoms with E-state index in [2.05, 4.69) is 0 Å². The van der Waals surface area contributed by atoms with E-state index in [1.54, 1.807) is 0 Å². The average Bonchev–Trinajstić information content (AvgIpc) is 2.73. The zero-order valence-corrected chi connectivity index (χ0v) is 9.66. The Bertz CT molecular complexity index is 691. The molecule has 0 saturated carbocycles. The zero-order chi connectivity index (χ0) is 11.8. The van der Waals surface area contributed by atoms with Gasteiger partial charge in [-0.1, -0.05) is 18.2 Å². The molecule has 17 heavy (non-hydrogen) atoms. The van der Waals surface area contributed by atoms with Crippen molar-refractivity contribution in [3.63, 3.8) is 0 Å². The molecule has 0 atom stereocenters. The standard InChI is InChI=1S/C13H8F2NP/c14-10-5-6-13(11(15)7-10)16-12-4-2-1-3-9(12)8-17-16/h1-8H. The van der Waals surface area contributed by atoms with Gasteiger partial charge in [-0.15, -0.1) is 0 Å². The van der Waals surface area contributed by atoms with E-state index in [0.717, 1.165) is 25.3 Å². The lowest BCUT2D eigenvalue weighted by Crippen LogP contribution is -1.94. The molecule has 0 aliphatic carbocycles. The van der Waals surface area contributed by atoms with Crippen LogP contribution < -0.4 is 0 Å². The molecular formula is C13H8F2NP. The third kappa shape index (κ3) is 1.73. The van der Waals surface area contributed by atoms with Gasteiger partial charge in [-0.2, -0.15) is 0 Å². The fourth-order valence-electron chi connectivity index (χ4n) is 1.82. The minimum atomic E-state index is -0.556. The maximum Gasteiger partial charge on any atom is 0.150 e. The lowest BCUT2D eigenvalue weighted by Gasteiger charge is -2.05. The number of benzene rings is 2. The van der Waals surface area contributed by atoms with Crippen LogP contribution in [0.4, 0.5) is 8.78 Å². The highest BCUT2D eigenvalue weighted by atomic mass is 31.0. The van der Waals surface area contributed by atoms with Crippen molar-refractivity contribution in [2.24, 2.45) is 0 Å². The molecule has 84 valence electrons. The van der Waals surface area contributed by atoms with Gasteiger partial charge in [-0.3, -0.25) is 4.33 Å². The normalized spacial score (nSPS) is 11.4. The molecule has 0 unspecified atom stereocenters. The van der Waals surface area contributed by atoms with Crippen LogP contribution in [0.25, 0.3) is 16.6 Å². The van der Waals surface area contributed by atoms with Crippen molar-refractivity contribution >= 4 is 19.3 Å². The van der Waals surface area contributed by atoms with Crippen molar-refractivity contribution in [3.8, 4) is 5.69 Å². The summed E-state index contributed by atoms with van der Waals surface area (Å²) in [7, 11) is 0.872. The molecule has 0 saturated heterocycles. The fraction of sp³-hybridized carbons (Fsp3) is 0. The molecule has 0 amide bonds. The van der Waals surface area contributed by atoms with E-state index in [0.29, 0.717) is 5.69 Å². The summed E-state index contributed by atoms with van der Waals surface area (Å²) in [4.78, 5) is 0. The minimum absolute atomic E-state index is 0.397. The Labute approximate surface area is 98.5 Å². The van der Waals surface area contributed by atoms with Gasteiger partial charge in [-0.05, 0) is 24.0 Å². The summed E-state index contributed by atoms with van der Waals surface area (Å²) >= 11 is 0. The van der Waals surface area contributed by atoms with E-state index in [9.17, 15) is 8.78 Å². The lowest BCUT2D eigenvalue weighted by atomic mass is 10.2. The molecule has 3 rings (SSSR count). The van der Waals surface area contributed by atoms with E-state index in [4.69, 9.17) is 0 Å². The highest BCUT2D eigenvalue weighted by Crippen LogP contribution is 2.28. The summed E-state index contributed by atoms with van der Waals surface area (Å²) in [5, 5.41) is 1.07. The van der Waals surface area contributed by atoms with Crippen LogP contribution in [0.15, 0.2) is 48.3 Å². The van der Waals surface area contributed by atoms with E-state index in [1.165, 1.54) is 12.1 Å². The van der Waals surface area contributed by atoms with Crippen LogP contribution in [0.1, 0.15) is 0 Å². The number of halogens is 2. The minimum Gasteiger partial charge on any atom is -0.289 e. The van der Waals surface area contributed by atoms with E-state index < -0.39 is 11.6 Å². The second-order valence-corrected chi connectivity index (χ2v) is 4.60. The monoisotopic (exact) mass is 247 g/mol. The number of hydrogen-bond acceptors (Lipinski definition) is 0. The second-order valence-electron chi connectivity index (χ2n) is 3.71. The van der Waals surface area contributed by atoms with Gasteiger partial charge < -0.3 is 0 Å². The summed E-state index contributed by atoms with van der Waals surface area (Å²) in [6, 6.07) is 11.4. The zero-order valence-electron chi connectivity index (χ0n) is 8.77. The molecule has 0 aliphatic heterocycles. The predicted octanol–water partition coefficient (Wildman–Crippen LogP) is 4.49. The van der Waals surface area contributed by atoms with Gasteiger partial charge in [-0.25, -0.2) is 8.78 Å². The van der Waals surface area contributed by atoms with Gasteiger partial charge in [0.2, 0.25) is 0 Å². The van der Waals surface area contributed by atoms with Gasteiger partial charge >= 0.3 is 0 Å². The maximum atomic E-state index is 13.7. The fourth-order valence-corrected chi connectivity index (χ4v) is 2.87. The number of rotatable bonds is 1. The van der Waals surface area contributed by atoms with Gasteiger partial charge in [0.1, 0.15) is 11.6 Å². The highest BCUT2D eigenvalue weighted by Gasteiger charge is 2.08. The first-order valence-corrected chi connectivity index (χ1v) is 6.05. The first-order chi connectivity index (χ1) is 8.25. The Morgan fingerprint density at radius 2 is 1.82 bits per heavy atom. The van der Waals surface area contributed by atoms with Gasteiger partial charge in [0, 0.05) is 19.8 Å². The third-order valence-corrected chi connectivity index (χ3v) is 3.67. The molecule has 0 fully saturated rings. The molecule has 0 radical (unpaired) electrons. The molecular weight excluding hydrogens is 239 g/mol. The Morgan fingerprint density at radius 1 is 1.00 bits per heavy atom. The second kappa shape index (κ2) is 3.94. The van der Waals surface area contributed by atoms with Crippen molar-refractivity contribution < 1.29 is 8.78 Å². The van der Waals surface area contributed by atoms with Crippen LogP contribution in [-0.2, 0) is 0 Å². The molecule has 1 aromatic heterocycles. The van der Waals surface area contributed by atoms with Gasteiger partial charge in [0.05, 0.1) is 11.2 Å². The van der Waals surface area contributed by atoms with E-state index >= 15 is 0 Å². The first-order valence-electron chi connectivity index (χ1n) is 5.14. The smallest absolute Gasteiger partial charge is 0.150 e. The Kier molecular flexibility index (Phi) is 2.41. The van der Waals surface area contributed by atoms with E-state index in [-0.39, 0.29) is 0 Å². The third-order valence-electron chi connectivity index (χ3n) is 2.62. The SMILES string of the molecule is Fc1ccc(-n2pcc3ccccc32)c(F)c1. The molecule has 2 aromatic carbocycles. The summed E-state index contributed by atoms with van der Waals surface area (Å²) in [6.07, 6.45) is 0. The van der Waals surface area contributed by atoms with Crippen molar-refractivity contribution in [1.82, 2.24) is 4.33 Å². The van der Waals surface area contributed by atoms with Crippen molar-refractivity contribution in [3.05, 3.63) is 59.9 Å². The summed E-state index contributed by atoms with van der Waals surface area (Å²) < 4.78 is 28.4. The Balaban J connectivity index is 2.27. The van der Waals surface area contributed by atoms with E-state index in [1.807, 2.05) is 34.4 Å². The van der Waals surface area contributed by atoms with Crippen molar-refractivity contribution in [1.29, 1.82) is 0 Å². The van der Waals surface area contributed by atoms with Crippen LogP contribution >= 0.6 is 8.35 Å². The quantitative estimate of drug-likeness (QED) is 0.597. The maximum absolute atomic E-state index is 13.7. The number of hydrogen-bond donors (Lipinski definition) is 0. The lowest BCUT2D eigenvalue weighted by molar-refractivity contribution is 0.580. The number of fused-ring (bicyclic) bond motifs is 1. The average molecular weight is 247 g/mol. The molecule has 1 heterocycles. The van der Waals surface area contributed by atoms with Gasteiger partial charge in [0.25, 0.3) is 0 Å². The topological polar surface area (TPSA) is 4.93 Å². The molecule has 0 spiro atoms. The first kappa shape index (κ1) is 10.4. The summed E-state index contributed by atoms with van der Waals surface area (Å²) in [5.74, 6) is 0.903. The highest BCUT2D eigenvalue weighted by molar-refractivity contribution is 7.26. The molecule has 0 bridgehead atoms. The van der Waals surface area contributed by atoms with Crippen LogP contribution in [0.3, 0.4) is 0 Å². The molecule has 1 nitrogen and oxygen atoms in total.